The summed E-state index contributed by atoms with van der Waals surface area (Å²) >= 11 is 12.1. The number of aliphatic hydroxyl groups excluding tert-OH is 1. The first kappa shape index (κ1) is 26.7. The van der Waals surface area contributed by atoms with Crippen LogP contribution in [0.4, 0.5) is 5.69 Å². The number of nitrogens with one attached hydrogen (secondary N) is 2. The lowest BCUT2D eigenvalue weighted by Crippen LogP contribution is -2.39. The van der Waals surface area contributed by atoms with Crippen LogP contribution in [0.5, 0.6) is 11.5 Å². The molecule has 2 amide bonds. The van der Waals surface area contributed by atoms with Gasteiger partial charge in [-0.2, -0.15) is 0 Å². The van der Waals surface area contributed by atoms with Gasteiger partial charge in [-0.05, 0) is 61.0 Å². The number of halogens is 2. The van der Waals surface area contributed by atoms with Crippen LogP contribution in [0.3, 0.4) is 0 Å². The molecule has 3 N–H and O–H groups in total. The number of para-hydroxylation sites is 2. The van der Waals surface area contributed by atoms with Gasteiger partial charge in [0.2, 0.25) is 5.91 Å². The number of anilines is 1. The number of sulfonamides is 1. The summed E-state index contributed by atoms with van der Waals surface area (Å²) < 4.78 is 34.3. The van der Waals surface area contributed by atoms with E-state index in [4.69, 9.17) is 27.9 Å². The molecular formula is C25H23Cl2N3O6S. The topological polar surface area (TPSA) is 125 Å². The molecule has 37 heavy (non-hydrogen) atoms. The molecule has 1 saturated heterocycles. The zero-order valence-corrected chi connectivity index (χ0v) is 21.7. The number of hydrogen-bond acceptors (Lipinski definition) is 6. The molecule has 0 spiro atoms. The van der Waals surface area contributed by atoms with Crippen LogP contribution >= 0.6 is 23.2 Å². The van der Waals surface area contributed by atoms with Gasteiger partial charge >= 0.3 is 0 Å². The summed E-state index contributed by atoms with van der Waals surface area (Å²) in [6.07, 6.45) is -0.0358. The molecule has 1 heterocycles. The van der Waals surface area contributed by atoms with Crippen LogP contribution in [0.2, 0.25) is 10.0 Å². The van der Waals surface area contributed by atoms with E-state index in [0.717, 1.165) is 0 Å². The Morgan fingerprint density at radius 2 is 1.76 bits per heavy atom. The van der Waals surface area contributed by atoms with Crippen LogP contribution in [-0.4, -0.2) is 56.0 Å². The number of rotatable bonds is 8. The van der Waals surface area contributed by atoms with E-state index in [1.54, 1.807) is 30.3 Å². The first-order valence-corrected chi connectivity index (χ1v) is 13.4. The molecule has 3 aromatic carbocycles. The molecule has 1 unspecified atom stereocenters. The highest BCUT2D eigenvalue weighted by atomic mass is 35.5. The minimum atomic E-state index is -4.03. The van der Waals surface area contributed by atoms with Crippen molar-refractivity contribution in [3.63, 3.8) is 0 Å². The molecule has 0 saturated carbocycles. The summed E-state index contributed by atoms with van der Waals surface area (Å²) in [5.41, 5.74) is 0.371. The fourth-order valence-corrected chi connectivity index (χ4v) is 5.16. The average Bonchev–Trinajstić information content (AvgIpc) is 3.31. The number of β-amino-alcohol motifs (C(OH)–C–C–N with tert-alkyl or cyclic N) is 1. The molecule has 1 aliphatic rings. The largest absolute Gasteiger partial charge is 0.454 e. The fraction of sp³-hybridized carbons (Fsp3) is 0.200. The summed E-state index contributed by atoms with van der Waals surface area (Å²) in [5.74, 6) is -0.299. The number of amides is 2. The van der Waals surface area contributed by atoms with Crippen molar-refractivity contribution in [3.05, 3.63) is 82.3 Å². The predicted octanol–water partition coefficient (Wildman–Crippen LogP) is 3.91. The molecule has 1 atom stereocenters. The Kier molecular flexibility index (Phi) is 8.23. The first-order valence-electron chi connectivity index (χ1n) is 11.2. The Morgan fingerprint density at radius 1 is 1.03 bits per heavy atom. The fourth-order valence-electron chi connectivity index (χ4n) is 3.64. The molecule has 0 radical (unpaired) electrons. The number of aliphatic hydroxyl groups is 1. The van der Waals surface area contributed by atoms with Crippen molar-refractivity contribution in [1.82, 2.24) is 10.2 Å². The van der Waals surface area contributed by atoms with Crippen LogP contribution < -0.4 is 14.8 Å². The summed E-state index contributed by atoms with van der Waals surface area (Å²) in [7, 11) is -4.03. The van der Waals surface area contributed by atoms with Crippen molar-refractivity contribution < 1.29 is 27.9 Å². The van der Waals surface area contributed by atoms with Crippen LogP contribution in [0.1, 0.15) is 16.8 Å². The zero-order chi connectivity index (χ0) is 26.6. The number of carbonyl (C=O) groups is 2. The lowest BCUT2D eigenvalue weighted by molar-refractivity contribution is -0.129. The number of benzene rings is 3. The molecule has 0 aromatic heterocycles. The Balaban J connectivity index is 1.42. The van der Waals surface area contributed by atoms with Crippen molar-refractivity contribution in [3.8, 4) is 11.5 Å². The van der Waals surface area contributed by atoms with E-state index < -0.39 is 22.0 Å². The number of hydrogen-bond donors (Lipinski definition) is 3. The van der Waals surface area contributed by atoms with Crippen molar-refractivity contribution in [1.29, 1.82) is 0 Å². The summed E-state index contributed by atoms with van der Waals surface area (Å²) in [5, 5.41) is 12.7. The van der Waals surface area contributed by atoms with E-state index >= 15 is 0 Å². The third kappa shape index (κ3) is 6.72. The predicted molar refractivity (Wildman–Crippen MR) is 140 cm³/mol. The lowest BCUT2D eigenvalue weighted by atomic mass is 10.2. The number of nitrogens with zero attached hydrogens (tertiary/aromatic N) is 1. The highest BCUT2D eigenvalue weighted by Gasteiger charge is 2.25. The lowest BCUT2D eigenvalue weighted by Gasteiger charge is -2.16. The molecule has 4 rings (SSSR count). The zero-order valence-electron chi connectivity index (χ0n) is 19.4. The molecular weight excluding hydrogens is 541 g/mol. The number of ether oxygens (including phenoxy) is 1. The van der Waals surface area contributed by atoms with Crippen LogP contribution in [0.25, 0.3) is 0 Å². The third-order valence-corrected chi connectivity index (χ3v) is 7.50. The average molecular weight is 564 g/mol. The molecule has 3 aromatic rings. The summed E-state index contributed by atoms with van der Waals surface area (Å²) in [4.78, 5) is 26.0. The van der Waals surface area contributed by atoms with Gasteiger partial charge in [0, 0.05) is 23.7 Å². The van der Waals surface area contributed by atoms with Crippen molar-refractivity contribution in [2.75, 3.05) is 24.4 Å². The number of likely N-dealkylation sites (tertiary alicyclic amines) is 1. The Hall–Kier alpha value is -3.31. The Labute approximate surface area is 224 Å². The maximum atomic E-state index is 13.0. The second kappa shape index (κ2) is 11.4. The number of carbonyl (C=O) groups excluding carboxylic acids is 2. The van der Waals surface area contributed by atoms with E-state index in [1.165, 1.54) is 41.3 Å². The monoisotopic (exact) mass is 563 g/mol. The van der Waals surface area contributed by atoms with Gasteiger partial charge in [-0.25, -0.2) is 8.42 Å². The van der Waals surface area contributed by atoms with Crippen molar-refractivity contribution >= 4 is 50.7 Å². The molecule has 194 valence electrons. The highest BCUT2D eigenvalue weighted by Crippen LogP contribution is 2.35. The SMILES string of the molecule is O=C(NCC(=O)N1CCC(O)C1)c1ccc(S(=O)(=O)Nc2ccccc2Oc2ccc(Cl)cc2Cl)cc1. The van der Waals surface area contributed by atoms with Gasteiger partial charge in [-0.3, -0.25) is 14.3 Å². The van der Waals surface area contributed by atoms with Crippen LogP contribution in [-0.2, 0) is 14.8 Å². The van der Waals surface area contributed by atoms with Gasteiger partial charge in [-0.15, -0.1) is 0 Å². The van der Waals surface area contributed by atoms with Crippen molar-refractivity contribution in [2.24, 2.45) is 0 Å². The summed E-state index contributed by atoms with van der Waals surface area (Å²) in [6, 6.07) is 16.4. The van der Waals surface area contributed by atoms with E-state index in [9.17, 15) is 23.1 Å². The first-order chi connectivity index (χ1) is 17.6. The molecule has 0 bridgehead atoms. The quantitative estimate of drug-likeness (QED) is 0.381. The van der Waals surface area contributed by atoms with E-state index in [1.807, 2.05) is 0 Å². The van der Waals surface area contributed by atoms with Crippen LogP contribution in [0.15, 0.2) is 71.6 Å². The third-order valence-electron chi connectivity index (χ3n) is 5.59. The molecule has 1 fully saturated rings. The van der Waals surface area contributed by atoms with E-state index in [2.05, 4.69) is 10.0 Å². The minimum absolute atomic E-state index is 0.0782. The molecule has 12 heteroatoms. The van der Waals surface area contributed by atoms with E-state index in [-0.39, 0.29) is 45.9 Å². The van der Waals surface area contributed by atoms with E-state index in [0.29, 0.717) is 23.7 Å². The maximum Gasteiger partial charge on any atom is 0.262 e. The Morgan fingerprint density at radius 3 is 2.43 bits per heavy atom. The van der Waals surface area contributed by atoms with Gasteiger partial charge in [0.05, 0.1) is 28.3 Å². The molecule has 9 nitrogen and oxygen atoms in total. The Bertz CT molecular complexity index is 1420. The molecule has 1 aliphatic heterocycles. The second-order valence-corrected chi connectivity index (χ2v) is 10.8. The van der Waals surface area contributed by atoms with Crippen LogP contribution in [0, 0.1) is 0 Å². The van der Waals surface area contributed by atoms with Gasteiger partial charge in [-0.1, -0.05) is 35.3 Å². The minimum Gasteiger partial charge on any atom is -0.454 e. The van der Waals surface area contributed by atoms with Gasteiger partial charge in [0.1, 0.15) is 5.75 Å². The molecule has 0 aliphatic carbocycles. The standard InChI is InChI=1S/C25H23Cl2N3O6S/c26-17-7-10-22(20(27)13-17)36-23-4-2-1-3-21(23)29-37(34,35)19-8-5-16(6-9-19)25(33)28-14-24(32)30-12-11-18(31)15-30/h1-10,13,18,29,31H,11-12,14-15H2,(H,28,33). The maximum absolute atomic E-state index is 13.0. The van der Waals surface area contributed by atoms with Gasteiger partial charge in [0.15, 0.2) is 5.75 Å². The van der Waals surface area contributed by atoms with Gasteiger partial charge < -0.3 is 20.1 Å². The highest BCUT2D eigenvalue weighted by molar-refractivity contribution is 7.92. The van der Waals surface area contributed by atoms with Crippen molar-refractivity contribution in [2.45, 2.75) is 17.4 Å². The summed E-state index contributed by atoms with van der Waals surface area (Å²) in [6.45, 7) is 0.465. The smallest absolute Gasteiger partial charge is 0.262 e. The van der Waals surface area contributed by atoms with Gasteiger partial charge in [0.25, 0.3) is 15.9 Å². The second-order valence-electron chi connectivity index (χ2n) is 8.27. The normalized spacial score (nSPS) is 15.3.